The summed E-state index contributed by atoms with van der Waals surface area (Å²) in [5.74, 6) is -0.483. The van der Waals surface area contributed by atoms with Crippen molar-refractivity contribution in [2.24, 2.45) is 0 Å². The van der Waals surface area contributed by atoms with Crippen molar-refractivity contribution in [3.63, 3.8) is 0 Å². The molecule has 2 aliphatic rings. The first-order valence-electron chi connectivity index (χ1n) is 6.68. The molecule has 3 N–H and O–H groups in total. The fourth-order valence-corrected chi connectivity index (χ4v) is 2.69. The number of carbonyl (C=O) groups excluding carboxylic acids is 2. The molecule has 0 radical (unpaired) electrons. The summed E-state index contributed by atoms with van der Waals surface area (Å²) in [6.45, 7) is 1.33. The molecule has 0 saturated carbocycles. The summed E-state index contributed by atoms with van der Waals surface area (Å²) in [4.78, 5) is 23.9. The lowest BCUT2D eigenvalue weighted by Crippen LogP contribution is -2.63. The molecule has 8 nitrogen and oxygen atoms in total. The van der Waals surface area contributed by atoms with Gasteiger partial charge >= 0.3 is 6.03 Å². The second kappa shape index (κ2) is 5.91. The minimum atomic E-state index is -0.892. The predicted molar refractivity (Wildman–Crippen MR) is 69.0 cm³/mol. The van der Waals surface area contributed by atoms with Gasteiger partial charge in [0.25, 0.3) is 5.91 Å². The van der Waals surface area contributed by atoms with E-state index in [0.717, 1.165) is 0 Å². The number of urea groups is 1. The van der Waals surface area contributed by atoms with E-state index >= 15 is 0 Å². The van der Waals surface area contributed by atoms with E-state index in [0.29, 0.717) is 5.57 Å². The molecule has 0 aromatic heterocycles. The summed E-state index contributed by atoms with van der Waals surface area (Å²) in [7, 11) is 0. The van der Waals surface area contributed by atoms with Crippen LogP contribution in [0.2, 0.25) is 0 Å². The lowest BCUT2D eigenvalue weighted by Gasteiger charge is -2.38. The monoisotopic (exact) mass is 296 g/mol. The van der Waals surface area contributed by atoms with Crippen molar-refractivity contribution in [3.8, 4) is 6.07 Å². The van der Waals surface area contributed by atoms with Gasteiger partial charge in [-0.15, -0.1) is 0 Å². The van der Waals surface area contributed by atoms with Crippen LogP contribution in [0.1, 0.15) is 19.8 Å². The zero-order chi connectivity index (χ0) is 15.6. The Kier molecular flexibility index (Phi) is 4.39. The Morgan fingerprint density at radius 2 is 2.29 bits per heavy atom. The molecule has 0 aliphatic carbocycles. The first-order chi connectivity index (χ1) is 9.94. The van der Waals surface area contributed by atoms with Gasteiger partial charge in [0, 0.05) is 0 Å². The summed E-state index contributed by atoms with van der Waals surface area (Å²) < 4.78 is 5.19. The summed E-state index contributed by atoms with van der Waals surface area (Å²) in [5, 5.41) is 30.1. The zero-order valence-electron chi connectivity index (χ0n) is 11.7. The SMILES string of the molecule is CC1=C[N+](CCC#N)([C@H]2C[C@H](O)[C@@H](CO)O2)C(=O)NC1=O. The van der Waals surface area contributed by atoms with E-state index < -0.39 is 30.4 Å². The van der Waals surface area contributed by atoms with Crippen molar-refractivity contribution >= 4 is 11.9 Å². The molecular weight excluding hydrogens is 278 g/mol. The highest BCUT2D eigenvalue weighted by Crippen LogP contribution is 2.32. The van der Waals surface area contributed by atoms with Crippen molar-refractivity contribution in [2.45, 2.75) is 38.2 Å². The Morgan fingerprint density at radius 1 is 1.57 bits per heavy atom. The fourth-order valence-electron chi connectivity index (χ4n) is 2.69. The van der Waals surface area contributed by atoms with E-state index in [4.69, 9.17) is 15.1 Å². The van der Waals surface area contributed by atoms with E-state index in [1.165, 1.54) is 6.20 Å². The number of rotatable bonds is 4. The van der Waals surface area contributed by atoms with Gasteiger partial charge in [0.1, 0.15) is 18.8 Å². The van der Waals surface area contributed by atoms with Crippen LogP contribution in [0.3, 0.4) is 0 Å². The predicted octanol–water partition coefficient (Wildman–Crippen LogP) is -0.661. The van der Waals surface area contributed by atoms with Crippen molar-refractivity contribution in [1.29, 1.82) is 5.26 Å². The largest absolute Gasteiger partial charge is 0.430 e. The van der Waals surface area contributed by atoms with E-state index in [2.05, 4.69) is 5.32 Å². The van der Waals surface area contributed by atoms with Crippen molar-refractivity contribution in [2.75, 3.05) is 13.2 Å². The summed E-state index contributed by atoms with van der Waals surface area (Å²) >= 11 is 0. The van der Waals surface area contributed by atoms with Crippen LogP contribution < -0.4 is 5.32 Å². The van der Waals surface area contributed by atoms with Gasteiger partial charge in [0.15, 0.2) is 0 Å². The van der Waals surface area contributed by atoms with Gasteiger partial charge in [-0.1, -0.05) is 0 Å². The Bertz CT molecular complexity index is 526. The number of hydrogen-bond acceptors (Lipinski definition) is 6. The molecule has 0 spiro atoms. The molecule has 2 rings (SSSR count). The van der Waals surface area contributed by atoms with Crippen LogP contribution >= 0.6 is 0 Å². The average Bonchev–Trinajstić information content (AvgIpc) is 2.83. The molecule has 2 heterocycles. The molecule has 2 aliphatic heterocycles. The second-order valence-electron chi connectivity index (χ2n) is 5.25. The highest BCUT2D eigenvalue weighted by atomic mass is 16.5. The fraction of sp³-hybridized carbons (Fsp3) is 0.615. The van der Waals surface area contributed by atoms with Gasteiger partial charge in [-0.3, -0.25) is 4.79 Å². The van der Waals surface area contributed by atoms with E-state index in [9.17, 15) is 14.7 Å². The average molecular weight is 296 g/mol. The first-order valence-corrected chi connectivity index (χ1v) is 6.68. The van der Waals surface area contributed by atoms with Gasteiger partial charge < -0.3 is 14.9 Å². The third-order valence-corrected chi connectivity index (χ3v) is 3.87. The van der Waals surface area contributed by atoms with Crippen LogP contribution in [0.25, 0.3) is 0 Å². The van der Waals surface area contributed by atoms with Crippen molar-refractivity contribution < 1.29 is 29.0 Å². The minimum Gasteiger partial charge on any atom is -0.394 e. The molecule has 0 aromatic rings. The molecule has 3 amide bonds. The number of nitrogens with one attached hydrogen (secondary N) is 1. The normalized spacial score (nSPS) is 36.1. The summed E-state index contributed by atoms with van der Waals surface area (Å²) in [6.07, 6.45) is -0.709. The minimum absolute atomic E-state index is 0.0884. The van der Waals surface area contributed by atoms with Gasteiger partial charge in [-0.25, -0.2) is 10.1 Å². The number of quaternary nitrogens is 1. The Morgan fingerprint density at radius 3 is 2.86 bits per heavy atom. The van der Waals surface area contributed by atoms with Crippen molar-refractivity contribution in [3.05, 3.63) is 11.8 Å². The molecular formula is C13H18N3O5+. The van der Waals surface area contributed by atoms with Crippen molar-refractivity contribution in [1.82, 2.24) is 5.32 Å². The molecule has 0 bridgehead atoms. The van der Waals surface area contributed by atoms with Gasteiger partial charge in [-0.2, -0.15) is 9.74 Å². The topological polar surface area (TPSA) is 120 Å². The standard InChI is InChI=1S/C13H17N3O5/c1-8-6-16(4-2-3-14,13(20)15-12(8)19)11-5-9(18)10(7-17)21-11/h6,9-11,17-18H,2,4-5,7H2,1H3/p+1/t9-,10+,11+,16?/m0/s1. The van der Waals surface area contributed by atoms with Gasteiger partial charge in [-0.05, 0) is 6.92 Å². The maximum Gasteiger partial charge on any atom is 0.430 e. The third-order valence-electron chi connectivity index (χ3n) is 3.87. The number of ether oxygens (including phenoxy) is 1. The number of carbonyl (C=O) groups is 2. The molecule has 4 atom stereocenters. The van der Waals surface area contributed by atoms with Crippen LogP contribution in [0.5, 0.6) is 0 Å². The Labute approximate surface area is 121 Å². The first kappa shape index (κ1) is 15.6. The number of hydrogen-bond donors (Lipinski definition) is 3. The van der Waals surface area contributed by atoms with Crippen LogP contribution in [-0.2, 0) is 9.53 Å². The quantitative estimate of drug-likeness (QED) is 0.592. The Balaban J connectivity index is 2.37. The van der Waals surface area contributed by atoms with Gasteiger partial charge in [0.2, 0.25) is 6.23 Å². The summed E-state index contributed by atoms with van der Waals surface area (Å²) in [5.41, 5.74) is 0.345. The molecule has 0 aromatic carbocycles. The molecule has 1 saturated heterocycles. The highest BCUT2D eigenvalue weighted by Gasteiger charge is 2.53. The number of imide groups is 1. The second-order valence-corrected chi connectivity index (χ2v) is 5.25. The maximum atomic E-state index is 12.3. The lowest BCUT2D eigenvalue weighted by atomic mass is 10.1. The van der Waals surface area contributed by atoms with E-state index in [-0.39, 0.29) is 30.5 Å². The molecule has 8 heteroatoms. The van der Waals surface area contributed by atoms with E-state index in [1.54, 1.807) is 6.92 Å². The molecule has 1 unspecified atom stereocenters. The van der Waals surface area contributed by atoms with Crippen LogP contribution in [0.4, 0.5) is 4.79 Å². The van der Waals surface area contributed by atoms with Gasteiger partial charge in [0.05, 0.1) is 37.2 Å². The number of nitrogens with zero attached hydrogens (tertiary/aromatic N) is 2. The van der Waals surface area contributed by atoms with Crippen LogP contribution in [0, 0.1) is 11.3 Å². The number of amides is 3. The molecule has 114 valence electrons. The number of aliphatic hydroxyl groups excluding tert-OH is 2. The molecule has 1 fully saturated rings. The maximum absolute atomic E-state index is 12.3. The van der Waals surface area contributed by atoms with Crippen LogP contribution in [-0.4, -0.2) is 58.2 Å². The number of aliphatic hydroxyl groups is 2. The van der Waals surface area contributed by atoms with E-state index in [1.807, 2.05) is 6.07 Å². The summed E-state index contributed by atoms with van der Waals surface area (Å²) in [6, 6.07) is 1.38. The highest BCUT2D eigenvalue weighted by molar-refractivity contribution is 6.03. The number of nitriles is 1. The molecule has 21 heavy (non-hydrogen) atoms. The lowest BCUT2D eigenvalue weighted by molar-refractivity contribution is -0.851. The third kappa shape index (κ3) is 2.69. The smallest absolute Gasteiger partial charge is 0.394 e. The van der Waals surface area contributed by atoms with Crippen LogP contribution in [0.15, 0.2) is 11.8 Å². The zero-order valence-corrected chi connectivity index (χ0v) is 11.7. The Hall–Kier alpha value is -1.79.